The third kappa shape index (κ3) is 3.29. The molecule has 1 aliphatic carbocycles. The number of rotatable bonds is 5. The summed E-state index contributed by atoms with van der Waals surface area (Å²) in [6.45, 7) is 5.36. The smallest absolute Gasteiger partial charge is 0.145 e. The lowest BCUT2D eigenvalue weighted by molar-refractivity contribution is 0.220. The molecule has 0 bridgehead atoms. The SMILES string of the molecule is CCNC(Cc1cccc(Cl)c1F)C1(C)CCCC1. The Labute approximate surface area is 120 Å². The number of nitrogens with one attached hydrogen (secondary N) is 1. The van der Waals surface area contributed by atoms with Crippen molar-refractivity contribution in [1.29, 1.82) is 0 Å². The molecular formula is C16H23ClFN. The normalized spacial score (nSPS) is 19.6. The molecular weight excluding hydrogens is 261 g/mol. The highest BCUT2D eigenvalue weighted by atomic mass is 35.5. The Hall–Kier alpha value is -0.600. The second-order valence-corrected chi connectivity index (χ2v) is 6.30. The fraction of sp³-hybridized carbons (Fsp3) is 0.625. The summed E-state index contributed by atoms with van der Waals surface area (Å²) in [6, 6.07) is 5.62. The highest BCUT2D eigenvalue weighted by Gasteiger charge is 2.36. The molecule has 0 aromatic heterocycles. The molecule has 1 aliphatic rings. The zero-order chi connectivity index (χ0) is 13.9. The Morgan fingerprint density at radius 3 is 2.68 bits per heavy atom. The Morgan fingerprint density at radius 1 is 1.37 bits per heavy atom. The van der Waals surface area contributed by atoms with E-state index in [0.717, 1.165) is 18.5 Å². The van der Waals surface area contributed by atoms with Gasteiger partial charge in [-0.05, 0) is 42.9 Å². The molecule has 0 radical (unpaired) electrons. The van der Waals surface area contributed by atoms with E-state index in [9.17, 15) is 4.39 Å². The van der Waals surface area contributed by atoms with Gasteiger partial charge in [-0.1, -0.05) is 50.4 Å². The zero-order valence-corrected chi connectivity index (χ0v) is 12.6. The first-order valence-corrected chi connectivity index (χ1v) is 7.61. The molecule has 0 amide bonds. The molecule has 1 nitrogen and oxygen atoms in total. The summed E-state index contributed by atoms with van der Waals surface area (Å²) in [7, 11) is 0. The van der Waals surface area contributed by atoms with Gasteiger partial charge in [0.1, 0.15) is 5.82 Å². The van der Waals surface area contributed by atoms with Crippen LogP contribution >= 0.6 is 11.6 Å². The van der Waals surface area contributed by atoms with E-state index in [-0.39, 0.29) is 16.3 Å². The van der Waals surface area contributed by atoms with Crippen molar-refractivity contribution in [1.82, 2.24) is 5.32 Å². The van der Waals surface area contributed by atoms with Gasteiger partial charge in [0.25, 0.3) is 0 Å². The second kappa shape index (κ2) is 6.23. The van der Waals surface area contributed by atoms with Crippen molar-refractivity contribution < 1.29 is 4.39 Å². The largest absolute Gasteiger partial charge is 0.313 e. The molecule has 1 N–H and O–H groups in total. The maximum atomic E-state index is 14.1. The van der Waals surface area contributed by atoms with Crippen LogP contribution in [0.25, 0.3) is 0 Å². The zero-order valence-electron chi connectivity index (χ0n) is 11.8. The van der Waals surface area contributed by atoms with Gasteiger partial charge in [0, 0.05) is 6.04 Å². The van der Waals surface area contributed by atoms with Crippen LogP contribution in [0.15, 0.2) is 18.2 Å². The molecule has 1 fully saturated rings. The van der Waals surface area contributed by atoms with Crippen LogP contribution in [0, 0.1) is 11.2 Å². The van der Waals surface area contributed by atoms with E-state index in [2.05, 4.69) is 19.2 Å². The first-order chi connectivity index (χ1) is 9.07. The van der Waals surface area contributed by atoms with Gasteiger partial charge in [-0.3, -0.25) is 0 Å². The quantitative estimate of drug-likeness (QED) is 0.834. The summed E-state index contributed by atoms with van der Waals surface area (Å²) in [4.78, 5) is 0. The minimum absolute atomic E-state index is 0.226. The second-order valence-electron chi connectivity index (χ2n) is 5.89. The van der Waals surface area contributed by atoms with Crippen molar-refractivity contribution in [3.8, 4) is 0 Å². The first-order valence-electron chi connectivity index (χ1n) is 7.23. The summed E-state index contributed by atoms with van der Waals surface area (Å²) in [5.74, 6) is -0.256. The summed E-state index contributed by atoms with van der Waals surface area (Å²) >= 11 is 5.87. The van der Waals surface area contributed by atoms with Gasteiger partial charge >= 0.3 is 0 Å². The van der Waals surface area contributed by atoms with Crippen LogP contribution in [0.2, 0.25) is 5.02 Å². The topological polar surface area (TPSA) is 12.0 Å². The van der Waals surface area contributed by atoms with Gasteiger partial charge in [0.05, 0.1) is 5.02 Å². The predicted molar refractivity (Wildman–Crippen MR) is 79.2 cm³/mol. The van der Waals surface area contributed by atoms with Crippen molar-refractivity contribution in [2.45, 2.75) is 52.0 Å². The average Bonchev–Trinajstić information content (AvgIpc) is 2.82. The third-order valence-electron chi connectivity index (χ3n) is 4.49. The Morgan fingerprint density at radius 2 is 2.05 bits per heavy atom. The molecule has 0 aliphatic heterocycles. The summed E-state index contributed by atoms with van der Waals surface area (Å²) in [6.07, 6.45) is 5.75. The third-order valence-corrected chi connectivity index (χ3v) is 4.79. The molecule has 0 spiro atoms. The van der Waals surface area contributed by atoms with Gasteiger partial charge in [-0.25, -0.2) is 4.39 Å². The highest BCUT2D eigenvalue weighted by Crippen LogP contribution is 2.41. The maximum Gasteiger partial charge on any atom is 0.145 e. The summed E-state index contributed by atoms with van der Waals surface area (Å²) < 4.78 is 14.1. The van der Waals surface area contributed by atoms with Gasteiger partial charge in [0.2, 0.25) is 0 Å². The molecule has 2 rings (SSSR count). The van der Waals surface area contributed by atoms with Crippen LogP contribution in [0.3, 0.4) is 0 Å². The van der Waals surface area contributed by atoms with Gasteiger partial charge in [0.15, 0.2) is 0 Å². The Balaban J connectivity index is 2.18. The van der Waals surface area contributed by atoms with Crippen LogP contribution in [0.5, 0.6) is 0 Å². The van der Waals surface area contributed by atoms with Crippen LogP contribution in [0.4, 0.5) is 4.39 Å². The van der Waals surface area contributed by atoms with Crippen molar-refractivity contribution >= 4 is 11.6 Å². The molecule has 1 saturated carbocycles. The average molecular weight is 284 g/mol. The number of hydrogen-bond acceptors (Lipinski definition) is 1. The standard InChI is InChI=1S/C16H23ClFN/c1-3-19-14(16(2)9-4-5-10-16)11-12-7-6-8-13(17)15(12)18/h6-8,14,19H,3-5,9-11H2,1-2H3. The van der Waals surface area contributed by atoms with E-state index in [1.807, 2.05) is 12.1 Å². The van der Waals surface area contributed by atoms with Crippen LogP contribution < -0.4 is 5.32 Å². The number of benzene rings is 1. The van der Waals surface area contributed by atoms with Crippen molar-refractivity contribution in [2.75, 3.05) is 6.54 Å². The number of halogens is 2. The molecule has 1 aromatic carbocycles. The van der Waals surface area contributed by atoms with E-state index >= 15 is 0 Å². The van der Waals surface area contributed by atoms with Crippen molar-refractivity contribution in [3.05, 3.63) is 34.6 Å². The fourth-order valence-corrected chi connectivity index (χ4v) is 3.46. The monoisotopic (exact) mass is 283 g/mol. The lowest BCUT2D eigenvalue weighted by atomic mass is 9.77. The summed E-state index contributed by atoms with van der Waals surface area (Å²) in [5.41, 5.74) is 1.01. The molecule has 0 heterocycles. The van der Waals surface area contributed by atoms with Crippen LogP contribution in [0.1, 0.15) is 45.1 Å². The van der Waals surface area contributed by atoms with Crippen molar-refractivity contribution in [3.63, 3.8) is 0 Å². The number of likely N-dealkylation sites (N-methyl/N-ethyl adjacent to an activating group) is 1. The van der Waals surface area contributed by atoms with E-state index in [1.54, 1.807) is 6.07 Å². The highest BCUT2D eigenvalue weighted by molar-refractivity contribution is 6.30. The molecule has 106 valence electrons. The minimum atomic E-state index is -0.256. The Kier molecular flexibility index (Phi) is 4.86. The lowest BCUT2D eigenvalue weighted by Crippen LogP contribution is -2.43. The summed E-state index contributed by atoms with van der Waals surface area (Å²) in [5, 5.41) is 3.78. The molecule has 3 heteroatoms. The number of hydrogen-bond donors (Lipinski definition) is 1. The van der Waals surface area contributed by atoms with E-state index < -0.39 is 0 Å². The van der Waals surface area contributed by atoms with E-state index in [4.69, 9.17) is 11.6 Å². The van der Waals surface area contributed by atoms with Gasteiger partial charge in [-0.15, -0.1) is 0 Å². The molecule has 1 atom stereocenters. The van der Waals surface area contributed by atoms with Crippen molar-refractivity contribution in [2.24, 2.45) is 5.41 Å². The van der Waals surface area contributed by atoms with Gasteiger partial charge < -0.3 is 5.32 Å². The van der Waals surface area contributed by atoms with Crippen LogP contribution in [-0.2, 0) is 6.42 Å². The maximum absolute atomic E-state index is 14.1. The molecule has 19 heavy (non-hydrogen) atoms. The minimum Gasteiger partial charge on any atom is -0.313 e. The van der Waals surface area contributed by atoms with E-state index in [0.29, 0.717) is 6.04 Å². The Bertz CT molecular complexity index is 427. The fourth-order valence-electron chi connectivity index (χ4n) is 3.27. The molecule has 0 saturated heterocycles. The lowest BCUT2D eigenvalue weighted by Gasteiger charge is -2.35. The van der Waals surface area contributed by atoms with E-state index in [1.165, 1.54) is 25.7 Å². The van der Waals surface area contributed by atoms with Gasteiger partial charge in [-0.2, -0.15) is 0 Å². The predicted octanol–water partition coefficient (Wildman–Crippen LogP) is 4.58. The first kappa shape index (κ1) is 14.8. The molecule has 1 unspecified atom stereocenters. The van der Waals surface area contributed by atoms with Crippen LogP contribution in [-0.4, -0.2) is 12.6 Å². The molecule has 1 aromatic rings.